The maximum absolute atomic E-state index is 11.7. The second kappa shape index (κ2) is 5.10. The summed E-state index contributed by atoms with van der Waals surface area (Å²) in [6.45, 7) is 5.42. The van der Waals surface area contributed by atoms with Crippen LogP contribution in [0.1, 0.15) is 18.1 Å². The highest BCUT2D eigenvalue weighted by Crippen LogP contribution is 2.40. The fraction of sp³-hybridized carbons (Fsp3) is 0.118. The van der Waals surface area contributed by atoms with Crippen molar-refractivity contribution < 1.29 is 9.22 Å². The van der Waals surface area contributed by atoms with Crippen molar-refractivity contribution in [1.82, 2.24) is 0 Å². The van der Waals surface area contributed by atoms with E-state index in [-0.39, 0.29) is 5.41 Å². The van der Waals surface area contributed by atoms with Gasteiger partial charge in [0.05, 0.1) is 0 Å². The number of rotatable bonds is 4. The highest BCUT2D eigenvalue weighted by Gasteiger charge is 2.21. The number of hydrogen-bond acceptors (Lipinski definition) is 2. The Kier molecular flexibility index (Phi) is 3.28. The molecule has 1 aliphatic carbocycles. The Morgan fingerprint density at radius 3 is 2.70 bits per heavy atom. The minimum Gasteiger partial charge on any atom is -0.541 e. The van der Waals surface area contributed by atoms with Crippen molar-refractivity contribution in [3.63, 3.8) is 0 Å². The number of hydrogen-bond donors (Lipinski definition) is 0. The molecule has 100 valence electrons. The summed E-state index contributed by atoms with van der Waals surface area (Å²) in [5.41, 5.74) is 5.63. The quantitative estimate of drug-likeness (QED) is 0.542. The zero-order chi connectivity index (χ0) is 14.1. The third-order valence-electron chi connectivity index (χ3n) is 3.64. The third kappa shape index (κ3) is 2.21. The van der Waals surface area contributed by atoms with Crippen LogP contribution >= 0.6 is 0 Å². The van der Waals surface area contributed by atoms with Crippen LogP contribution in [0.5, 0.6) is 5.75 Å². The lowest BCUT2D eigenvalue weighted by molar-refractivity contribution is -0.109. The molecule has 0 spiro atoms. The molecule has 2 nitrogen and oxygen atoms in total. The molecule has 1 aliphatic rings. The average molecular weight is 280 g/mol. The average Bonchev–Trinajstić information content (AvgIpc) is 2.83. The highest BCUT2D eigenvalue weighted by molar-refractivity contribution is 6.73. The monoisotopic (exact) mass is 280 g/mol. The molecule has 0 bridgehead atoms. The van der Waals surface area contributed by atoms with E-state index in [2.05, 4.69) is 36.9 Å². The van der Waals surface area contributed by atoms with Crippen LogP contribution in [0.4, 0.5) is 0 Å². The molecule has 0 atom stereocenters. The number of benzene rings is 2. The molecular formula is C17H16O2Si. The summed E-state index contributed by atoms with van der Waals surface area (Å²) in [4.78, 5) is 11.7. The molecule has 20 heavy (non-hydrogen) atoms. The minimum absolute atomic E-state index is 0.0816. The van der Waals surface area contributed by atoms with E-state index >= 15 is 0 Å². The fourth-order valence-corrected chi connectivity index (χ4v) is 3.33. The second-order valence-electron chi connectivity index (χ2n) is 5.11. The smallest absolute Gasteiger partial charge is 0.296 e. The zero-order valence-electron chi connectivity index (χ0n) is 11.5. The molecule has 0 aromatic heterocycles. The van der Waals surface area contributed by atoms with Crippen LogP contribution in [0.15, 0.2) is 54.6 Å². The van der Waals surface area contributed by atoms with Gasteiger partial charge in [0.25, 0.3) is 9.76 Å². The molecule has 2 aromatic carbocycles. The van der Waals surface area contributed by atoms with Crippen LogP contribution in [0.2, 0.25) is 0 Å². The van der Waals surface area contributed by atoms with Gasteiger partial charge in [-0.1, -0.05) is 43.0 Å². The van der Waals surface area contributed by atoms with Gasteiger partial charge in [-0.3, -0.25) is 4.79 Å². The van der Waals surface area contributed by atoms with E-state index in [1.807, 2.05) is 12.1 Å². The summed E-state index contributed by atoms with van der Waals surface area (Å²) in [6.07, 6.45) is 0.886. The van der Waals surface area contributed by atoms with Crippen LogP contribution in [0.3, 0.4) is 0 Å². The predicted molar refractivity (Wildman–Crippen MR) is 83.7 cm³/mol. The number of fused-ring (bicyclic) bond motifs is 3. The summed E-state index contributed by atoms with van der Waals surface area (Å²) in [6, 6.07) is 14.5. The Hall–Kier alpha value is -2.13. The van der Waals surface area contributed by atoms with Crippen molar-refractivity contribution in [1.29, 1.82) is 0 Å². The first-order chi connectivity index (χ1) is 9.66. The van der Waals surface area contributed by atoms with Gasteiger partial charge in [0.15, 0.2) is 5.41 Å². The molecule has 3 heteroatoms. The van der Waals surface area contributed by atoms with Crippen LogP contribution in [0, 0.1) is 0 Å². The van der Waals surface area contributed by atoms with Gasteiger partial charge in [0.2, 0.25) is 0 Å². The molecule has 0 N–H and O–H groups in total. The molecule has 3 rings (SSSR count). The van der Waals surface area contributed by atoms with Gasteiger partial charge < -0.3 is 4.43 Å². The number of carbonyl (C=O) groups excluding carboxylic acids is 1. The van der Waals surface area contributed by atoms with E-state index in [1.54, 1.807) is 6.92 Å². The maximum atomic E-state index is 11.7. The van der Waals surface area contributed by atoms with Gasteiger partial charge in [0.1, 0.15) is 5.75 Å². The van der Waals surface area contributed by atoms with E-state index in [0.29, 0.717) is 5.57 Å². The summed E-state index contributed by atoms with van der Waals surface area (Å²) in [5.74, 6) is 0.861. The Balaban J connectivity index is 1.90. The summed E-state index contributed by atoms with van der Waals surface area (Å²) in [7, 11) is -1.25. The van der Waals surface area contributed by atoms with Gasteiger partial charge in [0, 0.05) is 12.0 Å². The van der Waals surface area contributed by atoms with Crippen LogP contribution in [-0.4, -0.2) is 15.2 Å². The predicted octanol–water partition coefficient (Wildman–Crippen LogP) is 2.82. The molecule has 0 amide bonds. The van der Waals surface area contributed by atoms with Crippen molar-refractivity contribution in [3.8, 4) is 16.9 Å². The molecule has 0 radical (unpaired) electrons. The lowest BCUT2D eigenvalue weighted by atomic mass is 10.1. The van der Waals surface area contributed by atoms with Crippen molar-refractivity contribution in [2.45, 2.75) is 13.3 Å². The van der Waals surface area contributed by atoms with Crippen molar-refractivity contribution in [2.75, 3.05) is 0 Å². The van der Waals surface area contributed by atoms with Crippen molar-refractivity contribution >= 4 is 15.2 Å². The van der Waals surface area contributed by atoms with Crippen LogP contribution < -0.4 is 4.43 Å². The third-order valence-corrected chi connectivity index (χ3v) is 4.96. The van der Waals surface area contributed by atoms with E-state index in [0.717, 1.165) is 12.2 Å². The van der Waals surface area contributed by atoms with Crippen LogP contribution in [0.25, 0.3) is 11.1 Å². The minimum atomic E-state index is -1.25. The second-order valence-corrected chi connectivity index (χ2v) is 6.33. The Labute approximate surface area is 121 Å². The fourth-order valence-electron chi connectivity index (χ4n) is 2.53. The molecule has 2 aromatic rings. The van der Waals surface area contributed by atoms with Gasteiger partial charge in [-0.2, -0.15) is 0 Å². The van der Waals surface area contributed by atoms with Gasteiger partial charge in [-0.15, -0.1) is 0 Å². The highest BCUT2D eigenvalue weighted by atomic mass is 28.2. The standard InChI is InChI=1S/C17H16O2Si/c1-11(2)17(18)20-19-16-9-5-8-14-13-7-4-3-6-12(13)10-15(14)16/h3-9H,1,10,20H2,2H3. The first kappa shape index (κ1) is 12.9. The van der Waals surface area contributed by atoms with Gasteiger partial charge >= 0.3 is 0 Å². The van der Waals surface area contributed by atoms with E-state index in [9.17, 15) is 4.79 Å². The largest absolute Gasteiger partial charge is 0.541 e. The van der Waals surface area contributed by atoms with Gasteiger partial charge in [-0.05, 0) is 35.3 Å². The summed E-state index contributed by atoms with van der Waals surface area (Å²) >= 11 is 0. The Morgan fingerprint density at radius 2 is 1.90 bits per heavy atom. The van der Waals surface area contributed by atoms with Crippen LogP contribution in [-0.2, 0) is 11.2 Å². The van der Waals surface area contributed by atoms with Gasteiger partial charge in [-0.25, -0.2) is 0 Å². The molecule has 0 saturated heterocycles. The Morgan fingerprint density at radius 1 is 1.15 bits per heavy atom. The lowest BCUT2D eigenvalue weighted by Gasteiger charge is -2.10. The first-order valence-electron chi connectivity index (χ1n) is 6.68. The lowest BCUT2D eigenvalue weighted by Crippen LogP contribution is -2.17. The van der Waals surface area contributed by atoms with Crippen molar-refractivity contribution in [3.05, 3.63) is 65.7 Å². The molecule has 0 fully saturated rings. The molecule has 0 saturated carbocycles. The number of carbonyl (C=O) groups is 1. The van der Waals surface area contributed by atoms with E-state index in [1.165, 1.54) is 22.3 Å². The topological polar surface area (TPSA) is 26.3 Å². The number of allylic oxidation sites excluding steroid dienone is 1. The van der Waals surface area contributed by atoms with E-state index in [4.69, 9.17) is 4.43 Å². The Bertz CT molecular complexity index is 704. The molecular weight excluding hydrogens is 264 g/mol. The first-order valence-corrected chi connectivity index (χ1v) is 7.97. The molecule has 0 heterocycles. The maximum Gasteiger partial charge on any atom is 0.296 e. The molecule has 0 aliphatic heterocycles. The SMILES string of the molecule is C=C(C)C(=O)[SiH2]Oc1cccc2c1Cc1ccccc1-2. The zero-order valence-corrected chi connectivity index (χ0v) is 12.9. The summed E-state index contributed by atoms with van der Waals surface area (Å²) in [5, 5.41) is 0.0816. The van der Waals surface area contributed by atoms with E-state index < -0.39 is 9.76 Å². The van der Waals surface area contributed by atoms with Crippen molar-refractivity contribution in [2.24, 2.45) is 0 Å². The normalized spacial score (nSPS) is 12.2. The molecule has 0 unspecified atom stereocenters. The summed E-state index contributed by atoms with van der Waals surface area (Å²) < 4.78 is 5.83.